The minimum atomic E-state index is -0.520. The molecule has 0 unspecified atom stereocenters. The Morgan fingerprint density at radius 2 is 2.05 bits per heavy atom. The van der Waals surface area contributed by atoms with E-state index in [0.29, 0.717) is 10.2 Å². The maximum atomic E-state index is 13.2. The predicted octanol–water partition coefficient (Wildman–Crippen LogP) is 4.33. The molecule has 0 aliphatic carbocycles. The van der Waals surface area contributed by atoms with E-state index in [2.05, 4.69) is 21.2 Å². The summed E-state index contributed by atoms with van der Waals surface area (Å²) in [5.41, 5.74) is 0.418. The number of anilines is 1. The number of nitrogens with one attached hydrogen (secondary N) is 1. The summed E-state index contributed by atoms with van der Waals surface area (Å²) in [6.45, 7) is 0. The SMILES string of the molecule is CNc1cc(Oc2cc(F)ccc2Br)cc([N+](=O)[O-])c1. The molecule has 20 heavy (non-hydrogen) atoms. The fourth-order valence-electron chi connectivity index (χ4n) is 1.57. The van der Waals surface area contributed by atoms with E-state index in [0.717, 1.165) is 0 Å². The number of nitrogens with zero attached hydrogens (tertiary/aromatic N) is 1. The van der Waals surface area contributed by atoms with Crippen molar-refractivity contribution in [1.29, 1.82) is 0 Å². The average Bonchev–Trinajstić information content (AvgIpc) is 2.42. The third-order valence-corrected chi connectivity index (χ3v) is 3.17. The van der Waals surface area contributed by atoms with Crippen LogP contribution in [-0.4, -0.2) is 12.0 Å². The number of rotatable bonds is 4. The summed E-state index contributed by atoms with van der Waals surface area (Å²) >= 11 is 3.23. The largest absolute Gasteiger partial charge is 0.456 e. The first-order chi connectivity index (χ1) is 9.49. The Morgan fingerprint density at radius 3 is 2.70 bits per heavy atom. The first-order valence-corrected chi connectivity index (χ1v) is 6.39. The number of halogens is 2. The van der Waals surface area contributed by atoms with Crippen LogP contribution in [0.3, 0.4) is 0 Å². The molecular weight excluding hydrogens is 331 g/mol. The molecule has 0 heterocycles. The molecule has 0 aliphatic heterocycles. The van der Waals surface area contributed by atoms with Gasteiger partial charge in [-0.1, -0.05) is 0 Å². The molecule has 0 saturated heterocycles. The van der Waals surface area contributed by atoms with Crippen LogP contribution in [0.25, 0.3) is 0 Å². The summed E-state index contributed by atoms with van der Waals surface area (Å²) in [7, 11) is 1.64. The van der Waals surface area contributed by atoms with Gasteiger partial charge in [-0.2, -0.15) is 0 Å². The van der Waals surface area contributed by atoms with Crippen molar-refractivity contribution >= 4 is 27.3 Å². The minimum Gasteiger partial charge on any atom is -0.456 e. The highest BCUT2D eigenvalue weighted by atomic mass is 79.9. The van der Waals surface area contributed by atoms with Crippen molar-refractivity contribution in [2.24, 2.45) is 0 Å². The second-order valence-corrected chi connectivity index (χ2v) is 4.75. The number of nitro groups is 1. The van der Waals surface area contributed by atoms with Gasteiger partial charge in [0.1, 0.15) is 17.3 Å². The summed E-state index contributed by atoms with van der Waals surface area (Å²) in [6.07, 6.45) is 0. The van der Waals surface area contributed by atoms with Gasteiger partial charge in [-0.25, -0.2) is 4.39 Å². The topological polar surface area (TPSA) is 64.4 Å². The molecule has 0 spiro atoms. The lowest BCUT2D eigenvalue weighted by atomic mass is 10.2. The maximum absolute atomic E-state index is 13.2. The van der Waals surface area contributed by atoms with E-state index in [9.17, 15) is 14.5 Å². The van der Waals surface area contributed by atoms with Gasteiger partial charge in [0.05, 0.1) is 15.5 Å². The van der Waals surface area contributed by atoms with Crippen LogP contribution < -0.4 is 10.1 Å². The van der Waals surface area contributed by atoms with Crippen LogP contribution in [0.5, 0.6) is 11.5 Å². The zero-order valence-corrected chi connectivity index (χ0v) is 12.0. The summed E-state index contributed by atoms with van der Waals surface area (Å²) in [5.74, 6) is 0.0323. The van der Waals surface area contributed by atoms with Crippen LogP contribution in [0, 0.1) is 15.9 Å². The van der Waals surface area contributed by atoms with Gasteiger partial charge in [0, 0.05) is 30.9 Å². The number of benzene rings is 2. The molecule has 0 aromatic heterocycles. The van der Waals surface area contributed by atoms with Crippen molar-refractivity contribution in [3.63, 3.8) is 0 Å². The third-order valence-electron chi connectivity index (χ3n) is 2.51. The molecule has 2 aromatic rings. The van der Waals surface area contributed by atoms with Crippen molar-refractivity contribution in [3.8, 4) is 11.5 Å². The molecule has 0 aliphatic rings. The van der Waals surface area contributed by atoms with Gasteiger partial charge in [-0.05, 0) is 28.1 Å². The highest BCUT2D eigenvalue weighted by Gasteiger charge is 2.12. The van der Waals surface area contributed by atoms with E-state index >= 15 is 0 Å². The molecule has 0 fully saturated rings. The third kappa shape index (κ3) is 3.24. The van der Waals surface area contributed by atoms with E-state index in [-0.39, 0.29) is 17.2 Å². The molecular formula is C13H10BrFN2O3. The van der Waals surface area contributed by atoms with Crippen LogP contribution in [0.15, 0.2) is 40.9 Å². The maximum Gasteiger partial charge on any atom is 0.275 e. The van der Waals surface area contributed by atoms with Crippen LogP contribution in [0.4, 0.5) is 15.8 Å². The van der Waals surface area contributed by atoms with Gasteiger partial charge in [0.2, 0.25) is 0 Å². The average molecular weight is 341 g/mol. The number of hydrogen-bond donors (Lipinski definition) is 1. The Labute approximate surface area is 122 Å². The molecule has 104 valence electrons. The lowest BCUT2D eigenvalue weighted by Crippen LogP contribution is -1.95. The normalized spacial score (nSPS) is 10.2. The molecule has 0 saturated carbocycles. The fraction of sp³-hybridized carbons (Fsp3) is 0.0769. The zero-order valence-electron chi connectivity index (χ0n) is 10.4. The molecule has 1 N–H and O–H groups in total. The lowest BCUT2D eigenvalue weighted by molar-refractivity contribution is -0.384. The summed E-state index contributed by atoms with van der Waals surface area (Å²) in [6, 6.07) is 8.22. The van der Waals surface area contributed by atoms with Gasteiger partial charge in [0.15, 0.2) is 0 Å². The Balaban J connectivity index is 2.39. The quantitative estimate of drug-likeness (QED) is 0.664. The van der Waals surface area contributed by atoms with Gasteiger partial charge < -0.3 is 10.1 Å². The molecule has 2 aromatic carbocycles. The van der Waals surface area contributed by atoms with Crippen molar-refractivity contribution in [1.82, 2.24) is 0 Å². The van der Waals surface area contributed by atoms with E-state index in [1.165, 1.54) is 30.3 Å². The van der Waals surface area contributed by atoms with Crippen LogP contribution in [-0.2, 0) is 0 Å². The zero-order chi connectivity index (χ0) is 14.7. The van der Waals surface area contributed by atoms with E-state index < -0.39 is 10.7 Å². The van der Waals surface area contributed by atoms with Gasteiger partial charge in [-0.3, -0.25) is 10.1 Å². The van der Waals surface area contributed by atoms with Crippen molar-refractivity contribution in [2.45, 2.75) is 0 Å². The molecule has 0 radical (unpaired) electrons. The van der Waals surface area contributed by atoms with E-state index in [1.807, 2.05) is 0 Å². The van der Waals surface area contributed by atoms with E-state index in [1.54, 1.807) is 13.1 Å². The van der Waals surface area contributed by atoms with Crippen LogP contribution >= 0.6 is 15.9 Å². The van der Waals surface area contributed by atoms with Crippen LogP contribution in [0.1, 0.15) is 0 Å². The molecule has 0 bridgehead atoms. The Morgan fingerprint density at radius 1 is 1.30 bits per heavy atom. The standard InChI is InChI=1S/C13H10BrFN2O3/c1-16-9-5-10(17(18)19)7-11(6-9)20-13-4-8(15)2-3-12(13)14/h2-7,16H,1H3. The molecule has 7 heteroatoms. The molecule has 5 nitrogen and oxygen atoms in total. The van der Waals surface area contributed by atoms with Crippen molar-refractivity contribution < 1.29 is 14.1 Å². The van der Waals surface area contributed by atoms with Crippen molar-refractivity contribution in [3.05, 3.63) is 56.8 Å². The molecule has 0 amide bonds. The highest BCUT2D eigenvalue weighted by Crippen LogP contribution is 2.33. The first kappa shape index (κ1) is 14.3. The lowest BCUT2D eigenvalue weighted by Gasteiger charge is -2.09. The number of nitro benzene ring substituents is 1. The monoisotopic (exact) mass is 340 g/mol. The molecule has 0 atom stereocenters. The van der Waals surface area contributed by atoms with Crippen molar-refractivity contribution in [2.75, 3.05) is 12.4 Å². The first-order valence-electron chi connectivity index (χ1n) is 5.60. The second kappa shape index (κ2) is 5.87. The number of ether oxygens (including phenoxy) is 1. The van der Waals surface area contributed by atoms with E-state index in [4.69, 9.17) is 4.74 Å². The second-order valence-electron chi connectivity index (χ2n) is 3.90. The summed E-state index contributed by atoms with van der Waals surface area (Å²) in [5, 5.41) is 13.7. The van der Waals surface area contributed by atoms with Crippen LogP contribution in [0.2, 0.25) is 0 Å². The Bertz CT molecular complexity index is 664. The number of non-ortho nitro benzene ring substituents is 1. The smallest absolute Gasteiger partial charge is 0.275 e. The highest BCUT2D eigenvalue weighted by molar-refractivity contribution is 9.10. The van der Waals surface area contributed by atoms with Gasteiger partial charge >= 0.3 is 0 Å². The fourth-order valence-corrected chi connectivity index (χ4v) is 1.90. The molecule has 2 rings (SSSR count). The summed E-state index contributed by atoms with van der Waals surface area (Å²) < 4.78 is 19.2. The van der Waals surface area contributed by atoms with Gasteiger partial charge in [0.25, 0.3) is 5.69 Å². The number of hydrogen-bond acceptors (Lipinski definition) is 4. The Kier molecular flexibility index (Phi) is 4.19. The minimum absolute atomic E-state index is 0.112. The van der Waals surface area contributed by atoms with Gasteiger partial charge in [-0.15, -0.1) is 0 Å². The Hall–Kier alpha value is -2.15. The predicted molar refractivity (Wildman–Crippen MR) is 76.8 cm³/mol. The summed E-state index contributed by atoms with van der Waals surface area (Å²) in [4.78, 5) is 10.3.